The van der Waals surface area contributed by atoms with E-state index in [1.807, 2.05) is 19.3 Å². The minimum atomic E-state index is 0.274. The van der Waals surface area contributed by atoms with Crippen LogP contribution in [0.3, 0.4) is 0 Å². The van der Waals surface area contributed by atoms with E-state index in [1.165, 1.54) is 11.1 Å². The highest BCUT2D eigenvalue weighted by atomic mass is 15.3. The summed E-state index contributed by atoms with van der Waals surface area (Å²) in [6, 6.07) is 11.0. The third-order valence-corrected chi connectivity index (χ3v) is 2.97. The maximum Gasteiger partial charge on any atom is 0.148 e. The minimum Gasteiger partial charge on any atom is -0.362 e. The normalized spacial score (nSPS) is 12.4. The Bertz CT molecular complexity index is 470. The average molecular weight is 229 g/mol. The lowest BCUT2D eigenvalue weighted by Crippen LogP contribution is -2.07. The van der Waals surface area contributed by atoms with E-state index in [0.717, 1.165) is 12.2 Å². The van der Waals surface area contributed by atoms with Crippen LogP contribution in [0.25, 0.3) is 0 Å². The first kappa shape index (κ1) is 11.7. The van der Waals surface area contributed by atoms with E-state index in [9.17, 15) is 0 Å². The molecule has 2 rings (SSSR count). The Kier molecular flexibility index (Phi) is 3.47. The molecule has 0 amide bonds. The molecule has 1 aromatic heterocycles. The lowest BCUT2D eigenvalue weighted by Gasteiger charge is -2.13. The minimum absolute atomic E-state index is 0.274. The second-order valence-corrected chi connectivity index (χ2v) is 4.34. The Labute approximate surface area is 102 Å². The van der Waals surface area contributed by atoms with Crippen LogP contribution in [-0.4, -0.2) is 9.78 Å². The van der Waals surface area contributed by atoms with E-state index < -0.39 is 0 Å². The van der Waals surface area contributed by atoms with Crippen molar-refractivity contribution in [2.45, 2.75) is 26.3 Å². The highest BCUT2D eigenvalue weighted by Crippen LogP contribution is 2.18. The fourth-order valence-electron chi connectivity index (χ4n) is 1.84. The first-order valence-electron chi connectivity index (χ1n) is 6.04. The lowest BCUT2D eigenvalue weighted by atomic mass is 10.1. The van der Waals surface area contributed by atoms with Gasteiger partial charge in [-0.2, -0.15) is 5.10 Å². The molecule has 1 unspecified atom stereocenters. The second kappa shape index (κ2) is 5.04. The summed E-state index contributed by atoms with van der Waals surface area (Å²) in [5.41, 5.74) is 2.66. The third-order valence-electron chi connectivity index (χ3n) is 2.97. The van der Waals surface area contributed by atoms with E-state index in [2.05, 4.69) is 48.5 Å². The van der Waals surface area contributed by atoms with Gasteiger partial charge in [0.1, 0.15) is 5.82 Å². The zero-order valence-corrected chi connectivity index (χ0v) is 10.6. The van der Waals surface area contributed by atoms with Crippen molar-refractivity contribution in [3.8, 4) is 0 Å². The van der Waals surface area contributed by atoms with Crippen molar-refractivity contribution in [1.82, 2.24) is 9.78 Å². The molecule has 1 aromatic carbocycles. The highest BCUT2D eigenvalue weighted by molar-refractivity contribution is 5.37. The maximum atomic E-state index is 4.32. The topological polar surface area (TPSA) is 29.9 Å². The third kappa shape index (κ3) is 2.87. The van der Waals surface area contributed by atoms with Crippen LogP contribution in [-0.2, 0) is 13.5 Å². The van der Waals surface area contributed by atoms with Crippen LogP contribution in [0.4, 0.5) is 5.82 Å². The van der Waals surface area contributed by atoms with Gasteiger partial charge < -0.3 is 5.32 Å². The summed E-state index contributed by atoms with van der Waals surface area (Å²) >= 11 is 0. The van der Waals surface area contributed by atoms with E-state index >= 15 is 0 Å². The summed E-state index contributed by atoms with van der Waals surface area (Å²) < 4.78 is 1.80. The zero-order valence-electron chi connectivity index (χ0n) is 10.6. The molecule has 0 saturated carbocycles. The Morgan fingerprint density at radius 1 is 1.24 bits per heavy atom. The van der Waals surface area contributed by atoms with Crippen molar-refractivity contribution in [2.75, 3.05) is 5.32 Å². The van der Waals surface area contributed by atoms with Gasteiger partial charge in [-0.1, -0.05) is 31.2 Å². The Morgan fingerprint density at radius 2 is 1.94 bits per heavy atom. The molecule has 3 nitrogen and oxygen atoms in total. The number of aromatic nitrogens is 2. The van der Waals surface area contributed by atoms with Crippen LogP contribution in [0.2, 0.25) is 0 Å². The van der Waals surface area contributed by atoms with Crippen LogP contribution >= 0.6 is 0 Å². The molecule has 0 aliphatic rings. The van der Waals surface area contributed by atoms with Gasteiger partial charge in [0.2, 0.25) is 0 Å². The van der Waals surface area contributed by atoms with Gasteiger partial charge in [0.15, 0.2) is 0 Å². The summed E-state index contributed by atoms with van der Waals surface area (Å²) in [4.78, 5) is 0. The van der Waals surface area contributed by atoms with Gasteiger partial charge in [-0.15, -0.1) is 0 Å². The molecule has 0 bridgehead atoms. The van der Waals surface area contributed by atoms with Gasteiger partial charge in [0.25, 0.3) is 0 Å². The molecule has 0 radical (unpaired) electrons. The number of nitrogens with one attached hydrogen (secondary N) is 1. The van der Waals surface area contributed by atoms with Crippen molar-refractivity contribution >= 4 is 5.82 Å². The van der Waals surface area contributed by atoms with Crippen LogP contribution in [0.5, 0.6) is 0 Å². The molecule has 1 N–H and O–H groups in total. The molecule has 2 aromatic rings. The number of hydrogen-bond donors (Lipinski definition) is 1. The number of hydrogen-bond acceptors (Lipinski definition) is 2. The molecule has 17 heavy (non-hydrogen) atoms. The molecule has 1 atom stereocenters. The predicted octanol–water partition coefficient (Wildman–Crippen LogP) is 3.16. The van der Waals surface area contributed by atoms with Gasteiger partial charge in [-0.05, 0) is 24.5 Å². The van der Waals surface area contributed by atoms with Crippen molar-refractivity contribution < 1.29 is 0 Å². The second-order valence-electron chi connectivity index (χ2n) is 4.34. The van der Waals surface area contributed by atoms with Crippen molar-refractivity contribution in [2.24, 2.45) is 7.05 Å². The van der Waals surface area contributed by atoms with Crippen LogP contribution in [0.15, 0.2) is 36.5 Å². The summed E-state index contributed by atoms with van der Waals surface area (Å²) in [7, 11) is 1.92. The quantitative estimate of drug-likeness (QED) is 0.872. The van der Waals surface area contributed by atoms with Gasteiger partial charge in [0, 0.05) is 25.4 Å². The summed E-state index contributed by atoms with van der Waals surface area (Å²) in [6.07, 6.45) is 3.03. The average Bonchev–Trinajstić information content (AvgIpc) is 2.75. The predicted molar refractivity (Wildman–Crippen MR) is 71.1 cm³/mol. The van der Waals surface area contributed by atoms with Gasteiger partial charge in [-0.3, -0.25) is 4.68 Å². The van der Waals surface area contributed by atoms with Crippen molar-refractivity contribution in [1.29, 1.82) is 0 Å². The highest BCUT2D eigenvalue weighted by Gasteiger charge is 2.06. The Balaban J connectivity index is 2.06. The molecule has 3 heteroatoms. The van der Waals surface area contributed by atoms with Crippen LogP contribution in [0, 0.1) is 0 Å². The maximum absolute atomic E-state index is 4.32. The van der Waals surface area contributed by atoms with Gasteiger partial charge in [0.05, 0.1) is 0 Å². The number of nitrogens with zero attached hydrogens (tertiary/aromatic N) is 2. The summed E-state index contributed by atoms with van der Waals surface area (Å²) in [5, 5.41) is 7.70. The number of benzene rings is 1. The first-order chi connectivity index (χ1) is 8.19. The molecule has 0 spiro atoms. The van der Waals surface area contributed by atoms with Crippen LogP contribution in [0.1, 0.15) is 31.0 Å². The largest absolute Gasteiger partial charge is 0.362 e. The molecule has 0 saturated heterocycles. The summed E-state index contributed by atoms with van der Waals surface area (Å²) in [5.74, 6) is 0.916. The molecule has 0 aliphatic carbocycles. The summed E-state index contributed by atoms with van der Waals surface area (Å²) in [6.45, 7) is 4.32. The standard InChI is InChI=1S/C14H19N3/c1-4-12-5-7-13(8-6-12)11(2)15-14-9-10-17(3)16-14/h5-11H,4H2,1-3H3,(H,15,16). The van der Waals surface area contributed by atoms with Gasteiger partial charge in [-0.25, -0.2) is 0 Å². The SMILES string of the molecule is CCc1ccc(C(C)Nc2ccn(C)n2)cc1. The Morgan fingerprint density at radius 3 is 2.47 bits per heavy atom. The van der Waals surface area contributed by atoms with E-state index in [1.54, 1.807) is 4.68 Å². The van der Waals surface area contributed by atoms with Crippen LogP contribution < -0.4 is 5.32 Å². The zero-order chi connectivity index (χ0) is 12.3. The number of rotatable bonds is 4. The molecule has 1 heterocycles. The molecular formula is C14H19N3. The molecular weight excluding hydrogens is 210 g/mol. The smallest absolute Gasteiger partial charge is 0.148 e. The van der Waals surface area contributed by atoms with Crippen molar-refractivity contribution in [3.05, 3.63) is 47.7 Å². The lowest BCUT2D eigenvalue weighted by molar-refractivity contribution is 0.760. The number of aryl methyl sites for hydroxylation is 2. The van der Waals surface area contributed by atoms with Crippen molar-refractivity contribution in [3.63, 3.8) is 0 Å². The molecule has 90 valence electrons. The Hall–Kier alpha value is -1.77. The monoisotopic (exact) mass is 229 g/mol. The first-order valence-corrected chi connectivity index (χ1v) is 6.04. The molecule has 0 fully saturated rings. The van der Waals surface area contributed by atoms with E-state index in [4.69, 9.17) is 0 Å². The van der Waals surface area contributed by atoms with E-state index in [0.29, 0.717) is 0 Å². The fourth-order valence-corrected chi connectivity index (χ4v) is 1.84. The van der Waals surface area contributed by atoms with E-state index in [-0.39, 0.29) is 6.04 Å². The fraction of sp³-hybridized carbons (Fsp3) is 0.357. The molecule has 0 aliphatic heterocycles. The number of anilines is 1. The van der Waals surface area contributed by atoms with Gasteiger partial charge >= 0.3 is 0 Å².